The molecule has 1 heterocycles. The first-order valence-electron chi connectivity index (χ1n) is 4.35. The van der Waals surface area contributed by atoms with Crippen LogP contribution in [0.5, 0.6) is 0 Å². The molecular formula is C11H8BrClOS. The second-order valence-electron chi connectivity index (χ2n) is 3.11. The summed E-state index contributed by atoms with van der Waals surface area (Å²) >= 11 is 10.9. The number of aliphatic hydroxyl groups excluding tert-OH is 1. The molecule has 1 atom stereocenters. The Morgan fingerprint density at radius 3 is 2.67 bits per heavy atom. The average Bonchev–Trinajstić information content (AvgIpc) is 2.65. The molecule has 0 saturated heterocycles. The molecule has 1 N–H and O–H groups in total. The lowest BCUT2D eigenvalue weighted by atomic mass is 10.0. The van der Waals surface area contributed by atoms with Crippen LogP contribution in [0.1, 0.15) is 17.2 Å². The monoisotopic (exact) mass is 302 g/mol. The Labute approximate surface area is 105 Å². The zero-order valence-corrected chi connectivity index (χ0v) is 10.8. The van der Waals surface area contributed by atoms with E-state index in [1.54, 1.807) is 17.4 Å². The van der Waals surface area contributed by atoms with Gasteiger partial charge in [-0.05, 0) is 39.0 Å². The third-order valence-corrected chi connectivity index (χ3v) is 3.97. The highest BCUT2D eigenvalue weighted by Gasteiger charge is 2.14. The number of halogens is 2. The van der Waals surface area contributed by atoms with Crippen molar-refractivity contribution in [3.8, 4) is 0 Å². The minimum absolute atomic E-state index is 0.590. The van der Waals surface area contributed by atoms with Crippen molar-refractivity contribution in [1.29, 1.82) is 0 Å². The first-order chi connectivity index (χ1) is 7.18. The van der Waals surface area contributed by atoms with Gasteiger partial charge in [-0.2, -0.15) is 0 Å². The molecule has 2 rings (SSSR count). The molecule has 0 aliphatic heterocycles. The van der Waals surface area contributed by atoms with E-state index in [1.807, 2.05) is 29.6 Å². The molecule has 0 spiro atoms. The van der Waals surface area contributed by atoms with Crippen molar-refractivity contribution in [3.63, 3.8) is 0 Å². The maximum atomic E-state index is 10.1. The maximum Gasteiger partial charge on any atom is 0.106 e. The van der Waals surface area contributed by atoms with Crippen molar-refractivity contribution in [1.82, 2.24) is 0 Å². The summed E-state index contributed by atoms with van der Waals surface area (Å²) in [5.74, 6) is 0. The van der Waals surface area contributed by atoms with Gasteiger partial charge in [0.1, 0.15) is 6.10 Å². The van der Waals surface area contributed by atoms with Crippen LogP contribution in [0, 0.1) is 0 Å². The number of hydrogen-bond donors (Lipinski definition) is 1. The van der Waals surface area contributed by atoms with Crippen LogP contribution < -0.4 is 0 Å². The van der Waals surface area contributed by atoms with Gasteiger partial charge in [0.05, 0.1) is 3.79 Å². The number of hydrogen-bond acceptors (Lipinski definition) is 2. The van der Waals surface area contributed by atoms with E-state index in [0.29, 0.717) is 5.02 Å². The average molecular weight is 304 g/mol. The van der Waals surface area contributed by atoms with Crippen LogP contribution in [0.25, 0.3) is 0 Å². The lowest BCUT2D eigenvalue weighted by Crippen LogP contribution is -1.98. The highest BCUT2D eigenvalue weighted by Crippen LogP contribution is 2.32. The van der Waals surface area contributed by atoms with Gasteiger partial charge < -0.3 is 5.11 Å². The fourth-order valence-corrected chi connectivity index (χ4v) is 2.78. The molecule has 0 aliphatic carbocycles. The molecule has 0 aliphatic rings. The summed E-state index contributed by atoms with van der Waals surface area (Å²) in [5.41, 5.74) is 1.60. The number of benzene rings is 1. The van der Waals surface area contributed by atoms with Crippen molar-refractivity contribution in [3.05, 3.63) is 55.6 Å². The lowest BCUT2D eigenvalue weighted by molar-refractivity contribution is 0.221. The molecule has 1 nitrogen and oxygen atoms in total. The highest BCUT2D eigenvalue weighted by atomic mass is 79.9. The van der Waals surface area contributed by atoms with Gasteiger partial charge in [0, 0.05) is 10.6 Å². The number of aliphatic hydroxyl groups is 1. The molecule has 1 unspecified atom stereocenters. The highest BCUT2D eigenvalue weighted by molar-refractivity contribution is 9.11. The Hall–Kier alpha value is -0.350. The van der Waals surface area contributed by atoms with Gasteiger partial charge in [-0.1, -0.05) is 29.8 Å². The summed E-state index contributed by atoms with van der Waals surface area (Å²) in [7, 11) is 0. The number of rotatable bonds is 2. The summed E-state index contributed by atoms with van der Waals surface area (Å²) in [5, 5.41) is 12.6. The second-order valence-corrected chi connectivity index (χ2v) is 5.81. The Bertz CT molecular complexity index is 469. The third kappa shape index (κ3) is 2.42. The largest absolute Gasteiger partial charge is 0.384 e. The van der Waals surface area contributed by atoms with Gasteiger partial charge in [-0.3, -0.25) is 0 Å². The molecule has 4 heteroatoms. The van der Waals surface area contributed by atoms with E-state index < -0.39 is 6.10 Å². The van der Waals surface area contributed by atoms with Crippen molar-refractivity contribution in [2.45, 2.75) is 6.10 Å². The molecule has 0 bridgehead atoms. The fraction of sp³-hybridized carbons (Fsp3) is 0.0909. The molecule has 0 fully saturated rings. The standard InChI is InChI=1S/C11H8BrClOS/c12-10-5-7(6-15-10)11(14)8-3-1-2-4-9(8)13/h1-6,11,14H. The van der Waals surface area contributed by atoms with E-state index in [-0.39, 0.29) is 0 Å². The van der Waals surface area contributed by atoms with Crippen LogP contribution >= 0.6 is 38.9 Å². The summed E-state index contributed by atoms with van der Waals surface area (Å²) in [4.78, 5) is 0. The molecule has 0 radical (unpaired) electrons. The van der Waals surface area contributed by atoms with Crippen molar-refractivity contribution in [2.24, 2.45) is 0 Å². The molecule has 0 saturated carbocycles. The zero-order chi connectivity index (χ0) is 10.8. The molecule has 0 amide bonds. The predicted octanol–water partition coefficient (Wildman–Crippen LogP) is 4.25. The normalized spacial score (nSPS) is 12.7. The van der Waals surface area contributed by atoms with E-state index in [2.05, 4.69) is 15.9 Å². The molecule has 1 aromatic heterocycles. The second kappa shape index (κ2) is 4.66. The number of thiophene rings is 1. The van der Waals surface area contributed by atoms with Crippen LogP contribution in [0.4, 0.5) is 0 Å². The fourth-order valence-electron chi connectivity index (χ4n) is 1.34. The van der Waals surface area contributed by atoms with Gasteiger partial charge >= 0.3 is 0 Å². The quantitative estimate of drug-likeness (QED) is 0.879. The first kappa shape index (κ1) is 11.1. The van der Waals surface area contributed by atoms with Gasteiger partial charge in [0.15, 0.2) is 0 Å². The van der Waals surface area contributed by atoms with Crippen LogP contribution in [-0.4, -0.2) is 5.11 Å². The Morgan fingerprint density at radius 2 is 2.07 bits per heavy atom. The Morgan fingerprint density at radius 1 is 1.33 bits per heavy atom. The van der Waals surface area contributed by atoms with Crippen molar-refractivity contribution < 1.29 is 5.11 Å². The predicted molar refractivity (Wildman–Crippen MR) is 67.5 cm³/mol. The van der Waals surface area contributed by atoms with Crippen LogP contribution in [0.2, 0.25) is 5.02 Å². The summed E-state index contributed by atoms with van der Waals surface area (Å²) in [6.07, 6.45) is -0.652. The SMILES string of the molecule is OC(c1csc(Br)c1)c1ccccc1Cl. The summed E-state index contributed by atoms with van der Waals surface area (Å²) < 4.78 is 1.00. The Kier molecular flexibility index (Phi) is 3.46. The summed E-state index contributed by atoms with van der Waals surface area (Å²) in [6.45, 7) is 0. The minimum Gasteiger partial charge on any atom is -0.384 e. The first-order valence-corrected chi connectivity index (χ1v) is 6.40. The smallest absolute Gasteiger partial charge is 0.106 e. The van der Waals surface area contributed by atoms with Crippen molar-refractivity contribution >= 4 is 38.9 Å². The van der Waals surface area contributed by atoms with Crippen LogP contribution in [0.15, 0.2) is 39.5 Å². The van der Waals surface area contributed by atoms with Crippen molar-refractivity contribution in [2.75, 3.05) is 0 Å². The lowest BCUT2D eigenvalue weighted by Gasteiger charge is -2.10. The molecule has 1 aromatic carbocycles. The van der Waals surface area contributed by atoms with Gasteiger partial charge in [0.25, 0.3) is 0 Å². The van der Waals surface area contributed by atoms with Gasteiger partial charge in [-0.25, -0.2) is 0 Å². The van der Waals surface area contributed by atoms with E-state index in [0.717, 1.165) is 14.9 Å². The van der Waals surface area contributed by atoms with Gasteiger partial charge in [0.2, 0.25) is 0 Å². The molecule has 2 aromatic rings. The maximum absolute atomic E-state index is 10.1. The van der Waals surface area contributed by atoms with Crippen LogP contribution in [-0.2, 0) is 0 Å². The molecular weight excluding hydrogens is 296 g/mol. The molecule has 15 heavy (non-hydrogen) atoms. The minimum atomic E-state index is -0.652. The van der Waals surface area contributed by atoms with Gasteiger partial charge in [-0.15, -0.1) is 11.3 Å². The van der Waals surface area contributed by atoms with E-state index in [1.165, 1.54) is 0 Å². The Balaban J connectivity index is 2.36. The van der Waals surface area contributed by atoms with E-state index in [9.17, 15) is 5.11 Å². The summed E-state index contributed by atoms with van der Waals surface area (Å²) in [6, 6.07) is 9.23. The van der Waals surface area contributed by atoms with Crippen LogP contribution in [0.3, 0.4) is 0 Å². The van der Waals surface area contributed by atoms with E-state index in [4.69, 9.17) is 11.6 Å². The third-order valence-electron chi connectivity index (χ3n) is 2.10. The van der Waals surface area contributed by atoms with E-state index >= 15 is 0 Å². The molecule has 78 valence electrons. The zero-order valence-electron chi connectivity index (χ0n) is 7.65. The topological polar surface area (TPSA) is 20.2 Å².